The van der Waals surface area contributed by atoms with Crippen molar-refractivity contribution in [3.63, 3.8) is 0 Å². The Balaban J connectivity index is 1.73. The van der Waals surface area contributed by atoms with E-state index in [2.05, 4.69) is 5.32 Å². The molecule has 0 aromatic heterocycles. The number of nitrogens with one attached hydrogen (secondary N) is 1. The molecule has 1 heterocycles. The van der Waals surface area contributed by atoms with Gasteiger partial charge in [0.2, 0.25) is 0 Å². The molecular weight excluding hydrogens is 214 g/mol. The van der Waals surface area contributed by atoms with Crippen LogP contribution in [0.15, 0.2) is 24.3 Å². The van der Waals surface area contributed by atoms with Crippen LogP contribution in [0.25, 0.3) is 0 Å². The Morgan fingerprint density at radius 3 is 2.71 bits per heavy atom. The lowest BCUT2D eigenvalue weighted by Gasteiger charge is -2.13. The lowest BCUT2D eigenvalue weighted by atomic mass is 10.0. The zero-order chi connectivity index (χ0) is 11.8. The normalized spacial score (nSPS) is 29.8. The molecule has 0 radical (unpaired) electrons. The van der Waals surface area contributed by atoms with E-state index in [0.717, 1.165) is 18.4 Å². The third kappa shape index (κ3) is 1.95. The number of benzene rings is 1. The molecule has 3 unspecified atom stereocenters. The monoisotopic (exact) mass is 231 g/mol. The molecule has 1 aliphatic carbocycles. The van der Waals surface area contributed by atoms with Crippen LogP contribution in [-0.4, -0.2) is 19.1 Å². The number of esters is 1. The van der Waals surface area contributed by atoms with Crippen molar-refractivity contribution in [1.82, 2.24) is 5.32 Å². The van der Waals surface area contributed by atoms with Crippen molar-refractivity contribution < 1.29 is 9.53 Å². The van der Waals surface area contributed by atoms with Gasteiger partial charge in [-0.05, 0) is 49.4 Å². The number of carbonyl (C=O) groups is 1. The molecule has 1 aromatic rings. The van der Waals surface area contributed by atoms with Crippen molar-refractivity contribution in [3.8, 4) is 0 Å². The summed E-state index contributed by atoms with van der Waals surface area (Å²) < 4.78 is 4.97. The van der Waals surface area contributed by atoms with Gasteiger partial charge in [-0.3, -0.25) is 0 Å². The summed E-state index contributed by atoms with van der Waals surface area (Å²) in [6.07, 6.45) is 1.36. The predicted octanol–water partition coefficient (Wildman–Crippen LogP) is 2.14. The SMILES string of the molecule is CCOC(=O)c1ccc(C2NCC3CC32)cc1. The highest BCUT2D eigenvalue weighted by atomic mass is 16.5. The molecule has 0 amide bonds. The van der Waals surface area contributed by atoms with Crippen LogP contribution in [-0.2, 0) is 4.74 Å². The minimum Gasteiger partial charge on any atom is -0.462 e. The second-order valence-corrected chi connectivity index (χ2v) is 4.89. The summed E-state index contributed by atoms with van der Waals surface area (Å²) in [5, 5.41) is 3.53. The van der Waals surface area contributed by atoms with Crippen molar-refractivity contribution in [1.29, 1.82) is 0 Å². The molecule has 2 aliphatic rings. The van der Waals surface area contributed by atoms with E-state index in [-0.39, 0.29) is 5.97 Å². The molecule has 3 heteroatoms. The van der Waals surface area contributed by atoms with Crippen LogP contribution in [0.1, 0.15) is 35.3 Å². The fraction of sp³-hybridized carbons (Fsp3) is 0.500. The minimum absolute atomic E-state index is 0.234. The first-order valence-electron chi connectivity index (χ1n) is 6.30. The van der Waals surface area contributed by atoms with Gasteiger partial charge in [0, 0.05) is 6.04 Å². The van der Waals surface area contributed by atoms with Crippen molar-refractivity contribution in [2.24, 2.45) is 11.8 Å². The first kappa shape index (κ1) is 10.8. The second-order valence-electron chi connectivity index (χ2n) is 4.89. The highest BCUT2D eigenvalue weighted by molar-refractivity contribution is 5.89. The molecule has 2 fully saturated rings. The molecule has 17 heavy (non-hydrogen) atoms. The first-order valence-corrected chi connectivity index (χ1v) is 6.30. The molecule has 1 aliphatic heterocycles. The molecule has 3 rings (SSSR count). The van der Waals surface area contributed by atoms with E-state index >= 15 is 0 Å². The zero-order valence-corrected chi connectivity index (χ0v) is 9.98. The molecule has 1 saturated heterocycles. The van der Waals surface area contributed by atoms with E-state index < -0.39 is 0 Å². The van der Waals surface area contributed by atoms with Crippen molar-refractivity contribution in [2.75, 3.05) is 13.2 Å². The van der Waals surface area contributed by atoms with Gasteiger partial charge in [0.1, 0.15) is 0 Å². The molecule has 90 valence electrons. The van der Waals surface area contributed by atoms with Crippen LogP contribution in [0.3, 0.4) is 0 Å². The lowest BCUT2D eigenvalue weighted by Crippen LogP contribution is -2.18. The number of hydrogen-bond acceptors (Lipinski definition) is 3. The second kappa shape index (κ2) is 4.15. The Kier molecular flexibility index (Phi) is 2.63. The number of carbonyl (C=O) groups excluding carboxylic acids is 1. The summed E-state index contributed by atoms with van der Waals surface area (Å²) in [5.41, 5.74) is 1.93. The Morgan fingerprint density at radius 1 is 1.41 bits per heavy atom. The maximum Gasteiger partial charge on any atom is 0.338 e. The highest BCUT2D eigenvalue weighted by Gasteiger charge is 2.48. The maximum atomic E-state index is 11.5. The maximum absolute atomic E-state index is 11.5. The van der Waals surface area contributed by atoms with Gasteiger partial charge in [0.25, 0.3) is 0 Å². The van der Waals surface area contributed by atoms with Gasteiger partial charge in [-0.15, -0.1) is 0 Å². The van der Waals surface area contributed by atoms with Crippen molar-refractivity contribution in [2.45, 2.75) is 19.4 Å². The fourth-order valence-corrected chi connectivity index (χ4v) is 2.75. The van der Waals surface area contributed by atoms with Crippen LogP contribution in [0.4, 0.5) is 0 Å². The van der Waals surface area contributed by atoms with Gasteiger partial charge < -0.3 is 10.1 Å². The quantitative estimate of drug-likeness (QED) is 0.810. The number of ether oxygens (including phenoxy) is 1. The average molecular weight is 231 g/mol. The molecular formula is C14H17NO2. The van der Waals surface area contributed by atoms with Gasteiger partial charge in [0.15, 0.2) is 0 Å². The molecule has 0 bridgehead atoms. The molecule has 3 atom stereocenters. The Hall–Kier alpha value is -1.35. The molecule has 1 saturated carbocycles. The van der Waals surface area contributed by atoms with E-state index in [0.29, 0.717) is 18.2 Å². The van der Waals surface area contributed by atoms with Crippen molar-refractivity contribution >= 4 is 5.97 Å². The van der Waals surface area contributed by atoms with Crippen LogP contribution < -0.4 is 5.32 Å². The number of piperidine rings is 1. The average Bonchev–Trinajstić information content (AvgIpc) is 3.01. The van der Waals surface area contributed by atoms with Crippen LogP contribution in [0.2, 0.25) is 0 Å². The zero-order valence-electron chi connectivity index (χ0n) is 9.98. The summed E-state index contributed by atoms with van der Waals surface area (Å²) in [4.78, 5) is 11.5. The van der Waals surface area contributed by atoms with Crippen LogP contribution in [0.5, 0.6) is 0 Å². The number of fused-ring (bicyclic) bond motifs is 1. The van der Waals surface area contributed by atoms with E-state index in [1.807, 2.05) is 31.2 Å². The Morgan fingerprint density at radius 2 is 2.18 bits per heavy atom. The van der Waals surface area contributed by atoms with Gasteiger partial charge in [-0.1, -0.05) is 12.1 Å². The van der Waals surface area contributed by atoms with E-state index in [1.54, 1.807) is 0 Å². The van der Waals surface area contributed by atoms with E-state index in [1.165, 1.54) is 12.0 Å². The smallest absolute Gasteiger partial charge is 0.338 e. The Bertz CT molecular complexity index is 426. The summed E-state index contributed by atoms with van der Waals surface area (Å²) in [6.45, 7) is 3.39. The summed E-state index contributed by atoms with van der Waals surface area (Å²) in [7, 11) is 0. The van der Waals surface area contributed by atoms with Crippen molar-refractivity contribution in [3.05, 3.63) is 35.4 Å². The third-order valence-corrected chi connectivity index (χ3v) is 3.79. The molecule has 3 nitrogen and oxygen atoms in total. The molecule has 0 spiro atoms. The van der Waals surface area contributed by atoms with E-state index in [4.69, 9.17) is 4.74 Å². The fourth-order valence-electron chi connectivity index (χ4n) is 2.75. The summed E-state index contributed by atoms with van der Waals surface area (Å²) in [6, 6.07) is 8.32. The van der Waals surface area contributed by atoms with Gasteiger partial charge in [-0.25, -0.2) is 4.79 Å². The third-order valence-electron chi connectivity index (χ3n) is 3.79. The van der Waals surface area contributed by atoms with Crippen LogP contribution >= 0.6 is 0 Å². The first-order chi connectivity index (χ1) is 8.29. The number of rotatable bonds is 3. The minimum atomic E-state index is -0.234. The highest BCUT2D eigenvalue weighted by Crippen LogP contribution is 2.51. The molecule has 1 aromatic carbocycles. The lowest BCUT2D eigenvalue weighted by molar-refractivity contribution is 0.0526. The topological polar surface area (TPSA) is 38.3 Å². The van der Waals surface area contributed by atoms with Crippen LogP contribution in [0, 0.1) is 11.8 Å². The van der Waals surface area contributed by atoms with E-state index in [9.17, 15) is 4.79 Å². The number of hydrogen-bond donors (Lipinski definition) is 1. The largest absolute Gasteiger partial charge is 0.462 e. The summed E-state index contributed by atoms with van der Waals surface area (Å²) in [5.74, 6) is 1.48. The van der Waals surface area contributed by atoms with Gasteiger partial charge >= 0.3 is 5.97 Å². The van der Waals surface area contributed by atoms with Gasteiger partial charge in [-0.2, -0.15) is 0 Å². The Labute approximate surface area is 101 Å². The predicted molar refractivity (Wildman–Crippen MR) is 64.7 cm³/mol. The molecule has 1 N–H and O–H groups in total. The standard InChI is InChI=1S/C14H17NO2/c1-2-17-14(16)10-5-3-9(4-6-10)13-12-7-11(12)8-15-13/h3-6,11-13,15H,2,7-8H2,1H3. The summed E-state index contributed by atoms with van der Waals surface area (Å²) >= 11 is 0. The van der Waals surface area contributed by atoms with Gasteiger partial charge in [0.05, 0.1) is 12.2 Å².